The van der Waals surface area contributed by atoms with Gasteiger partial charge in [-0.15, -0.1) is 6.58 Å². The molecular weight excluding hydrogens is 350 g/mol. The van der Waals surface area contributed by atoms with Gasteiger partial charge in [0, 0.05) is 10.6 Å². The van der Waals surface area contributed by atoms with E-state index in [1.165, 1.54) is 6.07 Å². The van der Waals surface area contributed by atoms with Gasteiger partial charge in [-0.3, -0.25) is 10.2 Å². The molecule has 1 fully saturated rings. The molecule has 0 bridgehead atoms. The van der Waals surface area contributed by atoms with Gasteiger partial charge in [0.15, 0.2) is 0 Å². The van der Waals surface area contributed by atoms with Gasteiger partial charge < -0.3 is 5.73 Å². The highest BCUT2D eigenvalue weighted by atomic mass is 35.5. The lowest BCUT2D eigenvalue weighted by atomic mass is 9.95. The first-order valence-corrected chi connectivity index (χ1v) is 9.58. The second kappa shape index (κ2) is 7.36. The number of benzene rings is 1. The third kappa shape index (κ3) is 3.79. The molecule has 1 amide bonds. The van der Waals surface area contributed by atoms with Gasteiger partial charge in [0.2, 0.25) is 16.0 Å². The van der Waals surface area contributed by atoms with Gasteiger partial charge >= 0.3 is 0 Å². The number of sulfonamides is 1. The molecule has 130 valence electrons. The van der Waals surface area contributed by atoms with Crippen molar-refractivity contribution < 1.29 is 13.2 Å². The normalized spacial score (nSPS) is 15.2. The Kier molecular flexibility index (Phi) is 5.66. The van der Waals surface area contributed by atoms with Crippen molar-refractivity contribution in [3.63, 3.8) is 0 Å². The number of rotatable bonds is 5. The lowest BCUT2D eigenvalue weighted by molar-refractivity contribution is 0.0912. The quantitative estimate of drug-likeness (QED) is 0.473. The number of hydrogen-bond acceptors (Lipinski definition) is 4. The van der Waals surface area contributed by atoms with Crippen LogP contribution < -0.4 is 5.73 Å². The highest BCUT2D eigenvalue weighted by Gasteiger charge is 2.31. The van der Waals surface area contributed by atoms with Crippen molar-refractivity contribution in [3.05, 3.63) is 47.0 Å². The number of nitrogens with two attached hydrogens (primary N) is 1. The Hall–Kier alpha value is -1.86. The number of carbonyl (C=O) groups excluding carboxylic acids is 1. The van der Waals surface area contributed by atoms with E-state index >= 15 is 0 Å². The zero-order chi connectivity index (χ0) is 17.9. The van der Waals surface area contributed by atoms with Crippen molar-refractivity contribution in [2.75, 3.05) is 5.75 Å². The summed E-state index contributed by atoms with van der Waals surface area (Å²) in [5.41, 5.74) is 6.31. The van der Waals surface area contributed by atoms with E-state index in [9.17, 15) is 13.2 Å². The summed E-state index contributed by atoms with van der Waals surface area (Å²) in [6.45, 7) is 3.35. The van der Waals surface area contributed by atoms with Gasteiger partial charge in [-0.05, 0) is 42.5 Å². The molecule has 1 aromatic rings. The first-order valence-electron chi connectivity index (χ1n) is 7.59. The van der Waals surface area contributed by atoms with Crippen LogP contribution in [0.3, 0.4) is 0 Å². The third-order valence-electron chi connectivity index (χ3n) is 4.05. The second-order valence-corrected chi connectivity index (χ2v) is 8.01. The van der Waals surface area contributed by atoms with Gasteiger partial charge in [0.05, 0.1) is 5.75 Å². The van der Waals surface area contributed by atoms with E-state index in [1.54, 1.807) is 12.1 Å². The van der Waals surface area contributed by atoms with Crippen LogP contribution in [-0.4, -0.2) is 30.3 Å². The van der Waals surface area contributed by atoms with Crippen LogP contribution >= 0.6 is 11.6 Å². The predicted octanol–water partition coefficient (Wildman–Crippen LogP) is 2.85. The fourth-order valence-corrected chi connectivity index (χ4v) is 4.33. The van der Waals surface area contributed by atoms with Crippen LogP contribution in [0.5, 0.6) is 0 Å². The Bertz CT molecular complexity index is 771. The molecule has 3 N–H and O–H groups in total. The molecule has 0 heterocycles. The molecule has 0 radical (unpaired) electrons. The predicted molar refractivity (Wildman–Crippen MR) is 94.7 cm³/mol. The monoisotopic (exact) mass is 369 g/mol. The lowest BCUT2D eigenvalue weighted by Crippen LogP contribution is -2.46. The molecule has 1 aromatic carbocycles. The van der Waals surface area contributed by atoms with Gasteiger partial charge in [-0.2, -0.15) is 4.31 Å². The Morgan fingerprint density at radius 3 is 2.58 bits per heavy atom. The van der Waals surface area contributed by atoms with Crippen LogP contribution in [-0.2, 0) is 10.0 Å². The summed E-state index contributed by atoms with van der Waals surface area (Å²) in [7, 11) is -4.08. The fraction of sp³-hybridized carbons (Fsp3) is 0.375. The number of amides is 1. The molecule has 0 aromatic heterocycles. The largest absolute Gasteiger partial charge is 0.369 e. The molecule has 0 aliphatic heterocycles. The van der Waals surface area contributed by atoms with Crippen molar-refractivity contribution in [1.82, 2.24) is 4.31 Å². The van der Waals surface area contributed by atoms with Gasteiger partial charge in [-0.25, -0.2) is 8.42 Å². The average Bonchev–Trinajstić information content (AvgIpc) is 3.00. The third-order valence-corrected chi connectivity index (χ3v) is 5.97. The Morgan fingerprint density at radius 2 is 2.04 bits per heavy atom. The van der Waals surface area contributed by atoms with Crippen LogP contribution in [0.15, 0.2) is 30.9 Å². The highest BCUT2D eigenvalue weighted by molar-refractivity contribution is 7.90. The number of halogens is 1. The summed E-state index contributed by atoms with van der Waals surface area (Å²) in [5, 5.41) is 8.03. The minimum Gasteiger partial charge on any atom is -0.369 e. The Labute approximate surface area is 146 Å². The molecule has 0 saturated heterocycles. The summed E-state index contributed by atoms with van der Waals surface area (Å²) >= 11 is 6.24. The minimum atomic E-state index is -4.08. The van der Waals surface area contributed by atoms with Crippen molar-refractivity contribution in [2.24, 2.45) is 5.73 Å². The van der Waals surface area contributed by atoms with Gasteiger partial charge in [0.25, 0.3) is 5.91 Å². The molecule has 2 rings (SSSR count). The van der Waals surface area contributed by atoms with Gasteiger partial charge in [-0.1, -0.05) is 30.5 Å². The van der Waals surface area contributed by atoms with Crippen molar-refractivity contribution in [3.8, 4) is 0 Å². The van der Waals surface area contributed by atoms with Crippen LogP contribution in [0.1, 0.15) is 47.5 Å². The standard InChI is InChI=1S/C16H20ClN3O3S/c1-2-9-24(22,23)20(16(18)19)15(21)12-7-8-14(17)13(10-12)11-5-3-4-6-11/h2,7-8,10-11H,1,3-6,9H2,(H3,18,19). The number of carbonyl (C=O) groups is 1. The van der Waals surface area contributed by atoms with Crippen LogP contribution in [0.2, 0.25) is 5.02 Å². The lowest BCUT2D eigenvalue weighted by Gasteiger charge is -2.21. The van der Waals surface area contributed by atoms with Crippen LogP contribution in [0.25, 0.3) is 0 Å². The van der Waals surface area contributed by atoms with E-state index in [4.69, 9.17) is 22.7 Å². The molecule has 8 heteroatoms. The first-order chi connectivity index (χ1) is 11.3. The maximum Gasteiger partial charge on any atom is 0.274 e. The van der Waals surface area contributed by atoms with E-state index in [2.05, 4.69) is 6.58 Å². The number of hydrogen-bond donors (Lipinski definition) is 2. The SMILES string of the molecule is C=CCS(=O)(=O)N(C(=N)N)C(=O)c1ccc(Cl)c(C2CCCC2)c1. The summed E-state index contributed by atoms with van der Waals surface area (Å²) in [4.78, 5) is 12.6. The second-order valence-electron chi connectivity index (χ2n) is 5.74. The zero-order valence-corrected chi connectivity index (χ0v) is 14.7. The summed E-state index contributed by atoms with van der Waals surface area (Å²) < 4.78 is 24.7. The molecule has 1 saturated carbocycles. The van der Waals surface area contributed by atoms with E-state index in [0.717, 1.165) is 37.3 Å². The molecule has 24 heavy (non-hydrogen) atoms. The molecule has 0 atom stereocenters. The van der Waals surface area contributed by atoms with Crippen molar-refractivity contribution in [1.29, 1.82) is 5.41 Å². The fourth-order valence-electron chi connectivity index (χ4n) is 2.95. The number of nitrogens with zero attached hydrogens (tertiary/aromatic N) is 1. The minimum absolute atomic E-state index is 0.143. The maximum absolute atomic E-state index is 12.6. The Balaban J connectivity index is 2.42. The molecular formula is C16H20ClN3O3S. The van der Waals surface area contributed by atoms with Crippen LogP contribution in [0, 0.1) is 5.41 Å². The smallest absolute Gasteiger partial charge is 0.274 e. The zero-order valence-electron chi connectivity index (χ0n) is 13.2. The van der Waals surface area contributed by atoms with Crippen molar-refractivity contribution in [2.45, 2.75) is 31.6 Å². The van der Waals surface area contributed by atoms with E-state index in [0.29, 0.717) is 9.33 Å². The van der Waals surface area contributed by atoms with E-state index in [-0.39, 0.29) is 11.5 Å². The van der Waals surface area contributed by atoms with Crippen LogP contribution in [0.4, 0.5) is 0 Å². The van der Waals surface area contributed by atoms with E-state index < -0.39 is 27.6 Å². The van der Waals surface area contributed by atoms with Crippen molar-refractivity contribution >= 4 is 33.5 Å². The van der Waals surface area contributed by atoms with Gasteiger partial charge in [0.1, 0.15) is 0 Å². The average molecular weight is 370 g/mol. The number of nitrogens with one attached hydrogen (secondary N) is 1. The first kappa shape index (κ1) is 18.5. The molecule has 0 unspecified atom stereocenters. The molecule has 1 aliphatic carbocycles. The molecule has 1 aliphatic rings. The maximum atomic E-state index is 12.6. The summed E-state index contributed by atoms with van der Waals surface area (Å²) in [6.07, 6.45) is 5.33. The number of guanidine groups is 1. The Morgan fingerprint density at radius 1 is 1.42 bits per heavy atom. The molecule has 6 nitrogen and oxygen atoms in total. The topological polar surface area (TPSA) is 104 Å². The molecule has 0 spiro atoms. The highest BCUT2D eigenvalue weighted by Crippen LogP contribution is 2.38. The van der Waals surface area contributed by atoms with E-state index in [1.807, 2.05) is 0 Å². The summed E-state index contributed by atoms with van der Waals surface area (Å²) in [6, 6.07) is 4.64. The summed E-state index contributed by atoms with van der Waals surface area (Å²) in [5.74, 6) is -1.93.